The van der Waals surface area contributed by atoms with Crippen LogP contribution in [0.1, 0.15) is 54.0 Å². The molecule has 0 aliphatic carbocycles. The van der Waals surface area contributed by atoms with Crippen molar-refractivity contribution in [3.63, 3.8) is 0 Å². The summed E-state index contributed by atoms with van der Waals surface area (Å²) in [7, 11) is -3.00. The second-order valence-electron chi connectivity index (χ2n) is 6.62. The number of amides is 1. The molecule has 1 N–H and O–H groups in total. The number of sulfone groups is 1. The zero-order valence-electron chi connectivity index (χ0n) is 14.3. The van der Waals surface area contributed by atoms with Gasteiger partial charge in [-0.25, -0.2) is 8.42 Å². The fourth-order valence-corrected chi connectivity index (χ4v) is 4.65. The van der Waals surface area contributed by atoms with Crippen molar-refractivity contribution in [2.75, 3.05) is 11.5 Å². The quantitative estimate of drug-likeness (QED) is 0.873. The lowest BCUT2D eigenvalue weighted by molar-refractivity contribution is 0.0949. The van der Waals surface area contributed by atoms with Gasteiger partial charge in [0, 0.05) is 12.4 Å². The molecule has 0 spiro atoms. The summed E-state index contributed by atoms with van der Waals surface area (Å²) in [6.45, 7) is 4.27. The molecule has 0 bridgehead atoms. The molecule has 1 amide bonds. The normalized spacial score (nSPS) is 19.2. The number of carbonyl (C=O) groups excluding carboxylic acids is 1. The van der Waals surface area contributed by atoms with E-state index < -0.39 is 9.84 Å². The van der Waals surface area contributed by atoms with E-state index >= 15 is 0 Å². The van der Waals surface area contributed by atoms with Gasteiger partial charge in [-0.3, -0.25) is 14.5 Å². The third-order valence-corrected chi connectivity index (χ3v) is 6.04. The average Bonchev–Trinajstić information content (AvgIpc) is 3.17. The minimum atomic E-state index is -3.00. The molecule has 1 atom stereocenters. The molecule has 0 radical (unpaired) electrons. The SMILES string of the molecule is CC(C)c1nn(C2CCS(=O)(=O)C2)cc1C(=O)NCc1ccccn1. The van der Waals surface area contributed by atoms with Crippen molar-refractivity contribution in [3.8, 4) is 0 Å². The van der Waals surface area contributed by atoms with Gasteiger partial charge in [0.2, 0.25) is 0 Å². The van der Waals surface area contributed by atoms with Crippen LogP contribution < -0.4 is 5.32 Å². The van der Waals surface area contributed by atoms with Crippen LogP contribution in [0.2, 0.25) is 0 Å². The molecule has 8 heteroatoms. The molecule has 7 nitrogen and oxygen atoms in total. The summed E-state index contributed by atoms with van der Waals surface area (Å²) in [6, 6.07) is 5.34. The minimum absolute atomic E-state index is 0.0647. The van der Waals surface area contributed by atoms with Crippen molar-refractivity contribution in [2.45, 2.75) is 38.8 Å². The second kappa shape index (κ2) is 6.95. The van der Waals surface area contributed by atoms with Gasteiger partial charge in [-0.05, 0) is 24.5 Å². The number of aromatic nitrogens is 3. The molecule has 134 valence electrons. The van der Waals surface area contributed by atoms with Gasteiger partial charge in [-0.15, -0.1) is 0 Å². The third kappa shape index (κ3) is 4.07. The van der Waals surface area contributed by atoms with Gasteiger partial charge in [0.15, 0.2) is 9.84 Å². The third-order valence-electron chi connectivity index (χ3n) is 4.29. The summed E-state index contributed by atoms with van der Waals surface area (Å²) in [5.74, 6) is 0.105. The summed E-state index contributed by atoms with van der Waals surface area (Å²) in [5, 5.41) is 7.37. The standard InChI is InChI=1S/C17H22N4O3S/c1-12(2)16-15(17(22)19-9-13-5-3-4-7-18-13)10-21(20-16)14-6-8-25(23,24)11-14/h3-5,7,10,12,14H,6,8-9,11H2,1-2H3,(H,19,22). The lowest BCUT2D eigenvalue weighted by atomic mass is 10.1. The highest BCUT2D eigenvalue weighted by molar-refractivity contribution is 7.91. The monoisotopic (exact) mass is 362 g/mol. The van der Waals surface area contributed by atoms with E-state index in [0.29, 0.717) is 24.2 Å². The van der Waals surface area contributed by atoms with Crippen molar-refractivity contribution in [1.82, 2.24) is 20.1 Å². The molecule has 0 saturated carbocycles. The molecule has 1 fully saturated rings. The first-order valence-corrected chi connectivity index (χ1v) is 10.2. The fraction of sp³-hybridized carbons (Fsp3) is 0.471. The van der Waals surface area contributed by atoms with Crippen LogP contribution in [0, 0.1) is 0 Å². The summed E-state index contributed by atoms with van der Waals surface area (Å²) in [4.78, 5) is 16.8. The van der Waals surface area contributed by atoms with Crippen LogP contribution in [0.4, 0.5) is 0 Å². The van der Waals surface area contributed by atoms with Gasteiger partial charge >= 0.3 is 0 Å². The van der Waals surface area contributed by atoms with Gasteiger partial charge in [0.1, 0.15) is 0 Å². The Morgan fingerprint density at radius 2 is 2.20 bits per heavy atom. The molecule has 25 heavy (non-hydrogen) atoms. The average molecular weight is 362 g/mol. The molecule has 3 rings (SSSR count). The van der Waals surface area contributed by atoms with Crippen LogP contribution in [0.25, 0.3) is 0 Å². The molecule has 2 aromatic heterocycles. The number of rotatable bonds is 5. The Bertz CT molecular complexity index is 859. The molecule has 1 aliphatic heterocycles. The van der Waals surface area contributed by atoms with Gasteiger partial charge < -0.3 is 5.32 Å². The van der Waals surface area contributed by atoms with E-state index in [0.717, 1.165) is 5.69 Å². The topological polar surface area (TPSA) is 94.0 Å². The van der Waals surface area contributed by atoms with Crippen LogP contribution in [-0.4, -0.2) is 40.6 Å². The molecule has 3 heterocycles. The highest BCUT2D eigenvalue weighted by Gasteiger charge is 2.31. The Balaban J connectivity index is 1.79. The fourth-order valence-electron chi connectivity index (χ4n) is 2.95. The first-order chi connectivity index (χ1) is 11.9. The Hall–Kier alpha value is -2.22. The van der Waals surface area contributed by atoms with Gasteiger partial charge in [-0.2, -0.15) is 5.10 Å². The number of nitrogens with one attached hydrogen (secondary N) is 1. The van der Waals surface area contributed by atoms with E-state index in [4.69, 9.17) is 0 Å². The van der Waals surface area contributed by atoms with Crippen molar-refractivity contribution in [2.24, 2.45) is 0 Å². The van der Waals surface area contributed by atoms with Gasteiger partial charge in [-0.1, -0.05) is 19.9 Å². The Morgan fingerprint density at radius 3 is 2.80 bits per heavy atom. The molecule has 1 aliphatic rings. The maximum Gasteiger partial charge on any atom is 0.255 e. The summed E-state index contributed by atoms with van der Waals surface area (Å²) in [5.41, 5.74) is 1.95. The first kappa shape index (κ1) is 17.6. The first-order valence-electron chi connectivity index (χ1n) is 8.33. The number of hydrogen-bond donors (Lipinski definition) is 1. The van der Waals surface area contributed by atoms with Crippen LogP contribution in [0.3, 0.4) is 0 Å². The Labute approximate surface area is 147 Å². The Kier molecular flexibility index (Phi) is 4.89. The zero-order chi connectivity index (χ0) is 18.0. The highest BCUT2D eigenvalue weighted by atomic mass is 32.2. The molecule has 1 unspecified atom stereocenters. The molecular weight excluding hydrogens is 340 g/mol. The van der Waals surface area contributed by atoms with Crippen LogP contribution in [0.5, 0.6) is 0 Å². The van der Waals surface area contributed by atoms with Gasteiger partial charge in [0.05, 0.1) is 41.0 Å². The van der Waals surface area contributed by atoms with Crippen LogP contribution in [0.15, 0.2) is 30.6 Å². The highest BCUT2D eigenvalue weighted by Crippen LogP contribution is 2.26. The second-order valence-corrected chi connectivity index (χ2v) is 8.85. The molecule has 1 saturated heterocycles. The van der Waals surface area contributed by atoms with E-state index in [1.165, 1.54) is 0 Å². The molecule has 0 aromatic carbocycles. The van der Waals surface area contributed by atoms with E-state index in [1.54, 1.807) is 17.1 Å². The van der Waals surface area contributed by atoms with Crippen LogP contribution >= 0.6 is 0 Å². The number of pyridine rings is 1. The summed E-state index contributed by atoms with van der Waals surface area (Å²) in [6.07, 6.45) is 3.89. The van der Waals surface area contributed by atoms with Gasteiger partial charge in [0.25, 0.3) is 5.91 Å². The number of hydrogen-bond acceptors (Lipinski definition) is 5. The molecular formula is C17H22N4O3S. The maximum atomic E-state index is 12.6. The van der Waals surface area contributed by atoms with E-state index in [1.807, 2.05) is 32.0 Å². The van der Waals surface area contributed by atoms with Crippen LogP contribution in [-0.2, 0) is 16.4 Å². The number of nitrogens with zero attached hydrogens (tertiary/aromatic N) is 3. The summed E-state index contributed by atoms with van der Waals surface area (Å²) < 4.78 is 25.1. The lowest BCUT2D eigenvalue weighted by Crippen LogP contribution is -2.24. The zero-order valence-corrected chi connectivity index (χ0v) is 15.2. The predicted molar refractivity (Wildman–Crippen MR) is 94.0 cm³/mol. The van der Waals surface area contributed by atoms with Crippen molar-refractivity contribution < 1.29 is 13.2 Å². The predicted octanol–water partition coefficient (Wildman–Crippen LogP) is 1.69. The minimum Gasteiger partial charge on any atom is -0.346 e. The lowest BCUT2D eigenvalue weighted by Gasteiger charge is -2.07. The Morgan fingerprint density at radius 1 is 1.40 bits per heavy atom. The van der Waals surface area contributed by atoms with Crippen molar-refractivity contribution >= 4 is 15.7 Å². The smallest absolute Gasteiger partial charge is 0.255 e. The van der Waals surface area contributed by atoms with Crippen molar-refractivity contribution in [1.29, 1.82) is 0 Å². The van der Waals surface area contributed by atoms with E-state index in [2.05, 4.69) is 15.4 Å². The molecule has 2 aromatic rings. The van der Waals surface area contributed by atoms with E-state index in [9.17, 15) is 13.2 Å². The largest absolute Gasteiger partial charge is 0.346 e. The van der Waals surface area contributed by atoms with E-state index in [-0.39, 0.29) is 29.4 Å². The number of carbonyl (C=O) groups is 1. The maximum absolute atomic E-state index is 12.6. The van der Waals surface area contributed by atoms with Crippen molar-refractivity contribution in [3.05, 3.63) is 47.5 Å². The summed E-state index contributed by atoms with van der Waals surface area (Å²) >= 11 is 0.